The summed E-state index contributed by atoms with van der Waals surface area (Å²) in [5.74, 6) is 0.180. The van der Waals surface area contributed by atoms with Crippen molar-refractivity contribution in [2.45, 2.75) is 20.1 Å². The standard InChI is InChI=1S/C18H17ClFN3O3/c1-11-7-13(23(2)22-11)9-21-18(24)17-6-4-14(26-17)10-25-16-5-3-12(20)8-15(16)19/h3-8H,9-10H2,1-2H3,(H,21,24). The quantitative estimate of drug-likeness (QED) is 0.712. The second-order valence-corrected chi connectivity index (χ2v) is 6.12. The number of hydrogen-bond acceptors (Lipinski definition) is 4. The molecule has 1 aromatic carbocycles. The van der Waals surface area contributed by atoms with Gasteiger partial charge in [-0.1, -0.05) is 11.6 Å². The Labute approximate surface area is 154 Å². The number of amides is 1. The molecule has 0 aliphatic carbocycles. The van der Waals surface area contributed by atoms with Gasteiger partial charge in [-0.3, -0.25) is 9.48 Å². The van der Waals surface area contributed by atoms with Crippen LogP contribution < -0.4 is 10.1 Å². The van der Waals surface area contributed by atoms with Gasteiger partial charge in [0.15, 0.2) is 5.76 Å². The van der Waals surface area contributed by atoms with Gasteiger partial charge in [0, 0.05) is 7.05 Å². The first-order valence-electron chi connectivity index (χ1n) is 7.86. The van der Waals surface area contributed by atoms with E-state index in [0.29, 0.717) is 18.1 Å². The van der Waals surface area contributed by atoms with E-state index in [2.05, 4.69) is 10.4 Å². The van der Waals surface area contributed by atoms with E-state index >= 15 is 0 Å². The van der Waals surface area contributed by atoms with Crippen LogP contribution in [0, 0.1) is 12.7 Å². The molecule has 6 nitrogen and oxygen atoms in total. The number of aryl methyl sites for hydroxylation is 2. The summed E-state index contributed by atoms with van der Waals surface area (Å²) in [5.41, 5.74) is 1.77. The summed E-state index contributed by atoms with van der Waals surface area (Å²) in [6, 6.07) is 8.95. The van der Waals surface area contributed by atoms with Crippen LogP contribution in [0.3, 0.4) is 0 Å². The van der Waals surface area contributed by atoms with Crippen LogP contribution in [-0.4, -0.2) is 15.7 Å². The number of ether oxygens (including phenoxy) is 1. The molecule has 136 valence electrons. The van der Waals surface area contributed by atoms with Gasteiger partial charge in [-0.25, -0.2) is 4.39 Å². The molecule has 0 saturated carbocycles. The molecule has 0 bridgehead atoms. The number of nitrogens with zero attached hydrogens (tertiary/aromatic N) is 2. The van der Waals surface area contributed by atoms with E-state index in [-0.39, 0.29) is 23.3 Å². The van der Waals surface area contributed by atoms with Gasteiger partial charge in [0.2, 0.25) is 0 Å². The molecule has 0 fully saturated rings. The van der Waals surface area contributed by atoms with E-state index in [9.17, 15) is 9.18 Å². The smallest absolute Gasteiger partial charge is 0.287 e. The minimum Gasteiger partial charge on any atom is -0.484 e. The molecule has 2 aromatic heterocycles. The van der Waals surface area contributed by atoms with Crippen LogP contribution in [0.1, 0.15) is 27.7 Å². The first-order valence-corrected chi connectivity index (χ1v) is 8.24. The van der Waals surface area contributed by atoms with Crippen LogP contribution in [0.4, 0.5) is 4.39 Å². The van der Waals surface area contributed by atoms with Crippen molar-refractivity contribution in [1.29, 1.82) is 0 Å². The van der Waals surface area contributed by atoms with E-state index in [4.69, 9.17) is 20.8 Å². The van der Waals surface area contributed by atoms with Crippen molar-refractivity contribution in [2.24, 2.45) is 7.05 Å². The maximum absolute atomic E-state index is 13.0. The maximum Gasteiger partial charge on any atom is 0.287 e. The summed E-state index contributed by atoms with van der Waals surface area (Å²) in [5, 5.41) is 7.17. The molecule has 0 atom stereocenters. The highest BCUT2D eigenvalue weighted by Crippen LogP contribution is 2.26. The highest BCUT2D eigenvalue weighted by Gasteiger charge is 2.13. The Morgan fingerprint density at radius 2 is 2.15 bits per heavy atom. The normalized spacial score (nSPS) is 10.8. The second-order valence-electron chi connectivity index (χ2n) is 5.71. The van der Waals surface area contributed by atoms with Gasteiger partial charge in [-0.15, -0.1) is 0 Å². The Hall–Kier alpha value is -2.80. The lowest BCUT2D eigenvalue weighted by molar-refractivity contribution is 0.0918. The number of carbonyl (C=O) groups is 1. The summed E-state index contributed by atoms with van der Waals surface area (Å²) in [4.78, 5) is 12.2. The zero-order valence-electron chi connectivity index (χ0n) is 14.3. The SMILES string of the molecule is Cc1cc(CNC(=O)c2ccc(COc3ccc(F)cc3Cl)o2)n(C)n1. The van der Waals surface area contributed by atoms with E-state index in [0.717, 1.165) is 17.5 Å². The van der Waals surface area contributed by atoms with Crippen molar-refractivity contribution in [2.75, 3.05) is 0 Å². The van der Waals surface area contributed by atoms with Crippen molar-refractivity contribution in [3.8, 4) is 5.75 Å². The zero-order chi connectivity index (χ0) is 18.7. The third kappa shape index (κ3) is 4.23. The van der Waals surface area contributed by atoms with E-state index in [1.807, 2.05) is 20.0 Å². The third-order valence-electron chi connectivity index (χ3n) is 3.68. The molecule has 26 heavy (non-hydrogen) atoms. The average Bonchev–Trinajstić information content (AvgIpc) is 3.18. The summed E-state index contributed by atoms with van der Waals surface area (Å²) < 4.78 is 25.7. The van der Waals surface area contributed by atoms with Gasteiger partial charge in [-0.05, 0) is 43.3 Å². The Balaban J connectivity index is 1.56. The minimum absolute atomic E-state index is 0.0690. The molecule has 0 aliphatic heterocycles. The first-order chi connectivity index (χ1) is 12.4. The van der Waals surface area contributed by atoms with Crippen molar-refractivity contribution < 1.29 is 18.3 Å². The molecule has 1 N–H and O–H groups in total. The Morgan fingerprint density at radius 3 is 2.85 bits per heavy atom. The van der Waals surface area contributed by atoms with Crippen LogP contribution >= 0.6 is 11.6 Å². The number of benzene rings is 1. The van der Waals surface area contributed by atoms with Crippen LogP contribution in [0.15, 0.2) is 40.8 Å². The van der Waals surface area contributed by atoms with Crippen LogP contribution in [0.2, 0.25) is 5.02 Å². The molecule has 0 spiro atoms. The molecule has 2 heterocycles. The van der Waals surface area contributed by atoms with Gasteiger partial charge in [0.1, 0.15) is 23.9 Å². The van der Waals surface area contributed by atoms with Gasteiger partial charge in [0.25, 0.3) is 5.91 Å². The zero-order valence-corrected chi connectivity index (χ0v) is 15.0. The molecule has 3 rings (SSSR count). The number of halogens is 2. The lowest BCUT2D eigenvalue weighted by atomic mass is 10.3. The fourth-order valence-electron chi connectivity index (χ4n) is 2.41. The molecule has 1 amide bonds. The molecule has 0 radical (unpaired) electrons. The Bertz CT molecular complexity index is 936. The fourth-order valence-corrected chi connectivity index (χ4v) is 2.63. The molecule has 3 aromatic rings. The number of furan rings is 1. The van der Waals surface area contributed by atoms with Crippen molar-refractivity contribution in [3.05, 3.63) is 70.1 Å². The summed E-state index contributed by atoms with van der Waals surface area (Å²) in [6.07, 6.45) is 0. The number of hydrogen-bond donors (Lipinski definition) is 1. The topological polar surface area (TPSA) is 69.3 Å². The monoisotopic (exact) mass is 377 g/mol. The average molecular weight is 378 g/mol. The number of nitrogens with one attached hydrogen (secondary N) is 1. The van der Waals surface area contributed by atoms with Gasteiger partial charge >= 0.3 is 0 Å². The van der Waals surface area contributed by atoms with Crippen molar-refractivity contribution >= 4 is 17.5 Å². The van der Waals surface area contributed by atoms with Crippen LogP contribution in [0.5, 0.6) is 5.75 Å². The van der Waals surface area contributed by atoms with Crippen LogP contribution in [-0.2, 0) is 20.2 Å². The fraction of sp³-hybridized carbons (Fsp3) is 0.222. The number of rotatable bonds is 6. The summed E-state index contributed by atoms with van der Waals surface area (Å²) >= 11 is 5.90. The van der Waals surface area contributed by atoms with Gasteiger partial charge < -0.3 is 14.5 Å². The first kappa shape index (κ1) is 18.0. The van der Waals surface area contributed by atoms with E-state index in [1.54, 1.807) is 16.8 Å². The highest BCUT2D eigenvalue weighted by atomic mass is 35.5. The number of carbonyl (C=O) groups excluding carboxylic acids is 1. The second kappa shape index (κ2) is 7.61. The van der Waals surface area contributed by atoms with Crippen molar-refractivity contribution in [3.63, 3.8) is 0 Å². The molecular weight excluding hydrogens is 361 g/mol. The molecule has 0 unspecified atom stereocenters. The minimum atomic E-state index is -0.442. The Kier molecular flexibility index (Phi) is 5.27. The maximum atomic E-state index is 13.0. The lowest BCUT2D eigenvalue weighted by Gasteiger charge is -2.06. The molecule has 0 saturated heterocycles. The number of aromatic nitrogens is 2. The predicted molar refractivity (Wildman–Crippen MR) is 93.6 cm³/mol. The van der Waals surface area contributed by atoms with E-state index in [1.165, 1.54) is 12.1 Å². The van der Waals surface area contributed by atoms with E-state index < -0.39 is 5.82 Å². The molecule has 0 aliphatic rings. The highest BCUT2D eigenvalue weighted by molar-refractivity contribution is 6.32. The van der Waals surface area contributed by atoms with Crippen molar-refractivity contribution in [1.82, 2.24) is 15.1 Å². The molecular formula is C18H17ClFN3O3. The summed E-state index contributed by atoms with van der Waals surface area (Å²) in [7, 11) is 1.82. The lowest BCUT2D eigenvalue weighted by Crippen LogP contribution is -2.23. The molecule has 8 heteroatoms. The summed E-state index contributed by atoms with van der Waals surface area (Å²) in [6.45, 7) is 2.30. The van der Waals surface area contributed by atoms with Crippen LogP contribution in [0.25, 0.3) is 0 Å². The predicted octanol–water partition coefficient (Wildman–Crippen LogP) is 3.62. The third-order valence-corrected chi connectivity index (χ3v) is 3.97. The largest absolute Gasteiger partial charge is 0.484 e. The van der Waals surface area contributed by atoms with Gasteiger partial charge in [-0.2, -0.15) is 5.10 Å². The Morgan fingerprint density at radius 1 is 1.35 bits per heavy atom. The van der Waals surface area contributed by atoms with Gasteiger partial charge in [0.05, 0.1) is 23.0 Å².